The van der Waals surface area contributed by atoms with Crippen LogP contribution in [-0.2, 0) is 17.6 Å². The van der Waals surface area contributed by atoms with Gasteiger partial charge in [0.2, 0.25) is 5.91 Å². The predicted molar refractivity (Wildman–Crippen MR) is 83.7 cm³/mol. The SMILES string of the molecule is COc1ccc(CC(=O)NC2c3ccccc3CC2O)cc1F. The highest BCUT2D eigenvalue weighted by atomic mass is 19.1. The van der Waals surface area contributed by atoms with Gasteiger partial charge in [-0.1, -0.05) is 30.3 Å². The van der Waals surface area contributed by atoms with Gasteiger partial charge in [-0.25, -0.2) is 4.39 Å². The molecule has 0 spiro atoms. The summed E-state index contributed by atoms with van der Waals surface area (Å²) in [5, 5.41) is 13.0. The second-order valence-corrected chi connectivity index (χ2v) is 5.66. The Labute approximate surface area is 133 Å². The van der Waals surface area contributed by atoms with E-state index >= 15 is 0 Å². The Morgan fingerprint density at radius 2 is 2.13 bits per heavy atom. The molecule has 2 N–H and O–H groups in total. The van der Waals surface area contributed by atoms with Crippen LogP contribution in [0.5, 0.6) is 5.75 Å². The maximum absolute atomic E-state index is 13.7. The van der Waals surface area contributed by atoms with E-state index in [1.165, 1.54) is 19.2 Å². The van der Waals surface area contributed by atoms with Crippen LogP contribution in [0.4, 0.5) is 4.39 Å². The fourth-order valence-corrected chi connectivity index (χ4v) is 2.98. The van der Waals surface area contributed by atoms with E-state index in [4.69, 9.17) is 4.74 Å². The van der Waals surface area contributed by atoms with Gasteiger partial charge in [0.05, 0.1) is 25.7 Å². The molecule has 0 saturated heterocycles. The van der Waals surface area contributed by atoms with Crippen LogP contribution in [0.25, 0.3) is 0 Å². The predicted octanol–water partition coefficient (Wildman–Crippen LogP) is 2.15. The van der Waals surface area contributed by atoms with E-state index in [2.05, 4.69) is 5.32 Å². The van der Waals surface area contributed by atoms with E-state index in [0.717, 1.165) is 11.1 Å². The first-order valence-electron chi connectivity index (χ1n) is 7.46. The van der Waals surface area contributed by atoms with Crippen LogP contribution >= 0.6 is 0 Å². The van der Waals surface area contributed by atoms with Crippen molar-refractivity contribution in [1.29, 1.82) is 0 Å². The summed E-state index contributed by atoms with van der Waals surface area (Å²) in [4.78, 5) is 12.2. The van der Waals surface area contributed by atoms with E-state index in [1.807, 2.05) is 24.3 Å². The standard InChI is InChI=1S/C18H18FNO3/c1-23-16-7-6-11(8-14(16)19)9-17(22)20-18-13-5-3-2-4-12(13)10-15(18)21/h2-8,15,18,21H,9-10H2,1H3,(H,20,22). The molecule has 4 nitrogen and oxygen atoms in total. The minimum atomic E-state index is -0.635. The second kappa shape index (κ2) is 6.38. The van der Waals surface area contributed by atoms with Gasteiger partial charge >= 0.3 is 0 Å². The van der Waals surface area contributed by atoms with Crippen LogP contribution in [0.3, 0.4) is 0 Å². The lowest BCUT2D eigenvalue weighted by Crippen LogP contribution is -2.34. The lowest BCUT2D eigenvalue weighted by Gasteiger charge is -2.18. The molecule has 0 aromatic heterocycles. The molecule has 1 aliphatic carbocycles. The number of carbonyl (C=O) groups excluding carboxylic acids is 1. The molecule has 2 atom stereocenters. The number of fused-ring (bicyclic) bond motifs is 1. The highest BCUT2D eigenvalue weighted by Gasteiger charge is 2.31. The third-order valence-electron chi connectivity index (χ3n) is 4.10. The number of carbonyl (C=O) groups is 1. The highest BCUT2D eigenvalue weighted by Crippen LogP contribution is 2.31. The minimum Gasteiger partial charge on any atom is -0.494 e. The number of methoxy groups -OCH3 is 1. The van der Waals surface area contributed by atoms with Crippen molar-refractivity contribution in [3.05, 3.63) is 65.0 Å². The average Bonchev–Trinajstić information content (AvgIpc) is 2.83. The highest BCUT2D eigenvalue weighted by molar-refractivity contribution is 5.79. The van der Waals surface area contributed by atoms with Crippen LogP contribution in [0.2, 0.25) is 0 Å². The summed E-state index contributed by atoms with van der Waals surface area (Å²) in [6.07, 6.45) is -0.0612. The maximum atomic E-state index is 13.7. The van der Waals surface area contributed by atoms with E-state index < -0.39 is 18.0 Å². The van der Waals surface area contributed by atoms with Crippen molar-refractivity contribution < 1.29 is 19.0 Å². The molecule has 0 radical (unpaired) electrons. The molecule has 23 heavy (non-hydrogen) atoms. The molecule has 3 rings (SSSR count). The Balaban J connectivity index is 1.69. The molecule has 5 heteroatoms. The lowest BCUT2D eigenvalue weighted by molar-refractivity contribution is -0.121. The Bertz CT molecular complexity index is 732. The van der Waals surface area contributed by atoms with Gasteiger partial charge < -0.3 is 15.2 Å². The number of ether oxygens (including phenoxy) is 1. The van der Waals surface area contributed by atoms with Crippen LogP contribution < -0.4 is 10.1 Å². The Kier molecular flexibility index (Phi) is 4.30. The molecule has 0 heterocycles. The van der Waals surface area contributed by atoms with E-state index in [1.54, 1.807) is 6.07 Å². The largest absolute Gasteiger partial charge is 0.494 e. The third-order valence-corrected chi connectivity index (χ3v) is 4.10. The summed E-state index contributed by atoms with van der Waals surface area (Å²) in [7, 11) is 1.39. The summed E-state index contributed by atoms with van der Waals surface area (Å²) in [5.74, 6) is -0.603. The molecule has 2 aromatic rings. The molecular weight excluding hydrogens is 297 g/mol. The fraction of sp³-hybridized carbons (Fsp3) is 0.278. The van der Waals surface area contributed by atoms with Gasteiger partial charge in [0, 0.05) is 6.42 Å². The number of aliphatic hydroxyl groups is 1. The van der Waals surface area contributed by atoms with Crippen LogP contribution in [0, 0.1) is 5.82 Å². The summed E-state index contributed by atoms with van der Waals surface area (Å²) in [6, 6.07) is 11.7. The van der Waals surface area contributed by atoms with Crippen LogP contribution in [0.15, 0.2) is 42.5 Å². The smallest absolute Gasteiger partial charge is 0.224 e. The van der Waals surface area contributed by atoms with Crippen molar-refractivity contribution in [2.75, 3.05) is 7.11 Å². The van der Waals surface area contributed by atoms with Gasteiger partial charge in [0.15, 0.2) is 11.6 Å². The second-order valence-electron chi connectivity index (χ2n) is 5.66. The first kappa shape index (κ1) is 15.5. The summed E-state index contributed by atoms with van der Waals surface area (Å²) >= 11 is 0. The molecule has 0 saturated carbocycles. The van der Waals surface area contributed by atoms with Gasteiger partial charge in [-0.2, -0.15) is 0 Å². The molecular formula is C18H18FNO3. The van der Waals surface area contributed by atoms with Crippen molar-refractivity contribution in [3.63, 3.8) is 0 Å². The normalized spacial score (nSPS) is 19.3. The average molecular weight is 315 g/mol. The monoisotopic (exact) mass is 315 g/mol. The zero-order chi connectivity index (χ0) is 16.4. The van der Waals surface area contributed by atoms with Gasteiger partial charge in [-0.05, 0) is 28.8 Å². The van der Waals surface area contributed by atoms with Crippen molar-refractivity contribution in [2.45, 2.75) is 25.0 Å². The summed E-state index contributed by atoms with van der Waals surface area (Å²) in [6.45, 7) is 0. The molecule has 120 valence electrons. The molecule has 2 aromatic carbocycles. The summed E-state index contributed by atoms with van der Waals surface area (Å²) in [5.41, 5.74) is 2.54. The number of rotatable bonds is 4. The molecule has 1 aliphatic rings. The number of halogens is 1. The van der Waals surface area contributed by atoms with Gasteiger partial charge in [-0.3, -0.25) is 4.79 Å². The third kappa shape index (κ3) is 3.19. The number of hydrogen-bond acceptors (Lipinski definition) is 3. The number of amides is 1. The Morgan fingerprint density at radius 1 is 1.35 bits per heavy atom. The number of nitrogens with one attached hydrogen (secondary N) is 1. The first-order chi connectivity index (χ1) is 11.1. The Hall–Kier alpha value is -2.40. The van der Waals surface area contributed by atoms with E-state index in [-0.39, 0.29) is 18.1 Å². The van der Waals surface area contributed by atoms with Crippen molar-refractivity contribution >= 4 is 5.91 Å². The maximum Gasteiger partial charge on any atom is 0.224 e. The van der Waals surface area contributed by atoms with Crippen molar-refractivity contribution in [3.8, 4) is 5.75 Å². The number of benzene rings is 2. The van der Waals surface area contributed by atoms with Gasteiger partial charge in [-0.15, -0.1) is 0 Å². The van der Waals surface area contributed by atoms with E-state index in [9.17, 15) is 14.3 Å². The summed E-state index contributed by atoms with van der Waals surface area (Å²) < 4.78 is 18.5. The lowest BCUT2D eigenvalue weighted by atomic mass is 10.1. The van der Waals surface area contributed by atoms with Crippen LogP contribution in [0.1, 0.15) is 22.7 Å². The molecule has 1 amide bonds. The quantitative estimate of drug-likeness (QED) is 0.909. The number of hydrogen-bond donors (Lipinski definition) is 2. The van der Waals surface area contributed by atoms with Crippen molar-refractivity contribution in [2.24, 2.45) is 0 Å². The molecule has 2 unspecified atom stereocenters. The number of aliphatic hydroxyl groups excluding tert-OH is 1. The zero-order valence-corrected chi connectivity index (χ0v) is 12.8. The van der Waals surface area contributed by atoms with Gasteiger partial charge in [0.25, 0.3) is 0 Å². The van der Waals surface area contributed by atoms with Crippen LogP contribution in [-0.4, -0.2) is 24.2 Å². The Morgan fingerprint density at radius 3 is 2.87 bits per heavy atom. The van der Waals surface area contributed by atoms with E-state index in [0.29, 0.717) is 12.0 Å². The fourth-order valence-electron chi connectivity index (χ4n) is 2.98. The zero-order valence-electron chi connectivity index (χ0n) is 12.8. The molecule has 0 aliphatic heterocycles. The molecule has 0 fully saturated rings. The topological polar surface area (TPSA) is 58.6 Å². The van der Waals surface area contributed by atoms with Gasteiger partial charge in [0.1, 0.15) is 0 Å². The van der Waals surface area contributed by atoms with Crippen molar-refractivity contribution in [1.82, 2.24) is 5.32 Å². The molecule has 0 bridgehead atoms. The minimum absolute atomic E-state index is 0.0479. The first-order valence-corrected chi connectivity index (χ1v) is 7.46.